The highest BCUT2D eigenvalue weighted by molar-refractivity contribution is 6.52. The molecule has 6 nitrogen and oxygen atoms in total. The lowest BCUT2D eigenvalue weighted by molar-refractivity contribution is -0.160. The van der Waals surface area contributed by atoms with Crippen molar-refractivity contribution in [2.75, 3.05) is 0 Å². The molecule has 2 N–H and O–H groups in total. The number of nitrogens with zero attached hydrogens (tertiary/aromatic N) is 1. The highest BCUT2D eigenvalue weighted by atomic mass is 16.2. The highest BCUT2D eigenvalue weighted by Crippen LogP contribution is 2.36. The van der Waals surface area contributed by atoms with Gasteiger partial charge >= 0.3 is 0 Å². The number of amides is 1. The fourth-order valence-corrected chi connectivity index (χ4v) is 3.40. The van der Waals surface area contributed by atoms with E-state index in [0.717, 1.165) is 24.0 Å². The summed E-state index contributed by atoms with van der Waals surface area (Å²) in [5.41, 5.74) is 0.684. The molecule has 1 heterocycles. The Hall–Kier alpha value is -2.34. The summed E-state index contributed by atoms with van der Waals surface area (Å²) in [6, 6.07) is 0.188. The first-order chi connectivity index (χ1) is 11.1. The zero-order chi connectivity index (χ0) is 16.2. The molecule has 0 saturated heterocycles. The largest absolute Gasteiger partial charge is 0.325 e. The molecule has 0 bridgehead atoms. The number of carbonyl (C=O) groups is 3. The average molecular weight is 311 g/mol. The van der Waals surface area contributed by atoms with Crippen LogP contribution >= 0.6 is 0 Å². The number of carbonyl (C=O) groups excluding carboxylic acids is 3. The third-order valence-electron chi connectivity index (χ3n) is 4.80. The smallest absolute Gasteiger partial charge is 0.272 e. The maximum Gasteiger partial charge on any atom is 0.272 e. The van der Waals surface area contributed by atoms with Gasteiger partial charge in [-0.05, 0) is 19.3 Å². The minimum absolute atomic E-state index is 0.188. The molecule has 6 heteroatoms. The van der Waals surface area contributed by atoms with Gasteiger partial charge in [-0.25, -0.2) is 4.99 Å². The van der Waals surface area contributed by atoms with Crippen LogP contribution in [0.1, 0.15) is 26.2 Å². The number of rotatable bonds is 5. The SMILES string of the molecule is CCC1C(=O)C(=O)C1(NC(=O)C1=NC=C2C=CC=C21)NC1CC1. The van der Waals surface area contributed by atoms with Gasteiger partial charge in [-0.15, -0.1) is 0 Å². The van der Waals surface area contributed by atoms with Crippen molar-refractivity contribution in [3.8, 4) is 0 Å². The standard InChI is InChI=1S/C17H17N3O3/c1-2-12-14(21)15(22)17(12,19-10-6-7-10)20-16(23)13-11-5-3-4-9(11)8-18-13/h3-5,8,10,12,19H,2,6-7H2,1H3,(H,20,23). The third kappa shape index (κ3) is 1.98. The van der Waals surface area contributed by atoms with Crippen molar-refractivity contribution in [2.45, 2.75) is 37.9 Å². The Bertz CT molecular complexity index is 755. The second kappa shape index (κ2) is 4.83. The molecule has 2 saturated carbocycles. The van der Waals surface area contributed by atoms with Gasteiger partial charge in [-0.1, -0.05) is 25.2 Å². The number of aliphatic imine (C=N–C) groups is 1. The van der Waals surface area contributed by atoms with Crippen LogP contribution in [-0.2, 0) is 14.4 Å². The molecule has 0 spiro atoms. The van der Waals surface area contributed by atoms with Crippen LogP contribution in [0, 0.1) is 5.92 Å². The second-order valence-electron chi connectivity index (χ2n) is 6.34. The van der Waals surface area contributed by atoms with Crippen molar-refractivity contribution < 1.29 is 14.4 Å². The number of ketones is 2. The Morgan fingerprint density at radius 3 is 2.87 bits per heavy atom. The van der Waals surface area contributed by atoms with E-state index in [0.29, 0.717) is 12.1 Å². The average Bonchev–Trinajstić information content (AvgIpc) is 3.07. The molecule has 2 atom stereocenters. The number of nitrogens with one attached hydrogen (secondary N) is 2. The Morgan fingerprint density at radius 1 is 1.39 bits per heavy atom. The molecule has 4 rings (SSSR count). The Morgan fingerprint density at radius 2 is 2.17 bits per heavy atom. The lowest BCUT2D eigenvalue weighted by Gasteiger charge is -2.46. The molecule has 2 fully saturated rings. The van der Waals surface area contributed by atoms with Gasteiger partial charge in [0, 0.05) is 23.4 Å². The first kappa shape index (κ1) is 14.3. The zero-order valence-corrected chi connectivity index (χ0v) is 12.8. The van der Waals surface area contributed by atoms with Gasteiger partial charge in [0.15, 0.2) is 5.66 Å². The molecule has 4 aliphatic rings. The Labute approximate surface area is 133 Å². The number of Topliss-reactive ketones (excluding diaryl/α,β-unsaturated/α-hetero) is 2. The lowest BCUT2D eigenvalue weighted by Crippen LogP contribution is -2.80. The summed E-state index contributed by atoms with van der Waals surface area (Å²) in [6.07, 6.45) is 9.61. The van der Waals surface area contributed by atoms with Crippen molar-refractivity contribution in [1.82, 2.24) is 10.6 Å². The minimum Gasteiger partial charge on any atom is -0.325 e. The molecule has 1 amide bonds. The van der Waals surface area contributed by atoms with Crippen molar-refractivity contribution in [2.24, 2.45) is 10.9 Å². The summed E-state index contributed by atoms with van der Waals surface area (Å²) in [7, 11) is 0. The maximum absolute atomic E-state index is 12.7. The molecule has 23 heavy (non-hydrogen) atoms. The van der Waals surface area contributed by atoms with E-state index in [9.17, 15) is 14.4 Å². The fraction of sp³-hybridized carbons (Fsp3) is 0.412. The van der Waals surface area contributed by atoms with Crippen LogP contribution < -0.4 is 10.6 Å². The molecular formula is C17H17N3O3. The summed E-state index contributed by atoms with van der Waals surface area (Å²) in [6.45, 7) is 1.85. The minimum atomic E-state index is -1.26. The molecule has 0 aromatic heterocycles. The number of fused-ring (bicyclic) bond motifs is 1. The van der Waals surface area contributed by atoms with E-state index in [-0.39, 0.29) is 6.04 Å². The molecule has 118 valence electrons. The summed E-state index contributed by atoms with van der Waals surface area (Å²) < 4.78 is 0. The molecule has 3 aliphatic carbocycles. The predicted octanol–water partition coefficient (Wildman–Crippen LogP) is 0.564. The van der Waals surface area contributed by atoms with Crippen LogP contribution in [0.3, 0.4) is 0 Å². The fourth-order valence-electron chi connectivity index (χ4n) is 3.40. The van der Waals surface area contributed by atoms with Crippen LogP contribution in [0.2, 0.25) is 0 Å². The van der Waals surface area contributed by atoms with Crippen LogP contribution in [0.5, 0.6) is 0 Å². The van der Waals surface area contributed by atoms with E-state index in [1.54, 1.807) is 6.20 Å². The van der Waals surface area contributed by atoms with Crippen molar-refractivity contribution in [3.63, 3.8) is 0 Å². The van der Waals surface area contributed by atoms with Crippen molar-refractivity contribution in [3.05, 3.63) is 35.6 Å². The van der Waals surface area contributed by atoms with Gasteiger partial charge in [0.05, 0.1) is 5.92 Å². The predicted molar refractivity (Wildman–Crippen MR) is 83.6 cm³/mol. The number of hydrogen-bond acceptors (Lipinski definition) is 5. The van der Waals surface area contributed by atoms with Crippen molar-refractivity contribution in [1.29, 1.82) is 0 Å². The first-order valence-corrected chi connectivity index (χ1v) is 7.92. The van der Waals surface area contributed by atoms with Gasteiger partial charge in [0.1, 0.15) is 5.71 Å². The summed E-state index contributed by atoms with van der Waals surface area (Å²) in [5, 5.41) is 5.97. The van der Waals surface area contributed by atoms with Gasteiger partial charge in [0.2, 0.25) is 11.6 Å². The van der Waals surface area contributed by atoms with Crippen LogP contribution in [-0.4, -0.2) is 34.9 Å². The topological polar surface area (TPSA) is 87.6 Å². The summed E-state index contributed by atoms with van der Waals surface area (Å²) in [4.78, 5) is 41.0. The van der Waals surface area contributed by atoms with Gasteiger partial charge < -0.3 is 5.32 Å². The van der Waals surface area contributed by atoms with E-state index in [2.05, 4.69) is 15.6 Å². The maximum atomic E-state index is 12.7. The zero-order valence-electron chi connectivity index (χ0n) is 12.8. The Balaban J connectivity index is 1.58. The van der Waals surface area contributed by atoms with E-state index < -0.39 is 29.1 Å². The van der Waals surface area contributed by atoms with E-state index >= 15 is 0 Å². The van der Waals surface area contributed by atoms with Gasteiger partial charge in [-0.2, -0.15) is 0 Å². The van der Waals surface area contributed by atoms with Gasteiger partial charge in [-0.3, -0.25) is 19.7 Å². The second-order valence-corrected chi connectivity index (χ2v) is 6.34. The summed E-state index contributed by atoms with van der Waals surface area (Å²) in [5.74, 6) is -1.88. The molecular weight excluding hydrogens is 294 g/mol. The quantitative estimate of drug-likeness (QED) is 0.574. The molecule has 0 radical (unpaired) electrons. The third-order valence-corrected chi connectivity index (χ3v) is 4.80. The van der Waals surface area contributed by atoms with Crippen LogP contribution in [0.15, 0.2) is 40.6 Å². The van der Waals surface area contributed by atoms with Crippen LogP contribution in [0.25, 0.3) is 0 Å². The highest BCUT2D eigenvalue weighted by Gasteiger charge is 2.63. The number of hydrogen-bond donors (Lipinski definition) is 2. The van der Waals surface area contributed by atoms with E-state index in [1.807, 2.05) is 25.2 Å². The molecule has 0 aromatic rings. The Kier molecular flexibility index (Phi) is 2.99. The van der Waals surface area contributed by atoms with Crippen molar-refractivity contribution >= 4 is 23.2 Å². The van der Waals surface area contributed by atoms with Crippen LogP contribution in [0.4, 0.5) is 0 Å². The van der Waals surface area contributed by atoms with Gasteiger partial charge in [0.25, 0.3) is 5.91 Å². The normalized spacial score (nSPS) is 31.3. The molecule has 1 aliphatic heterocycles. The lowest BCUT2D eigenvalue weighted by atomic mass is 9.68. The van der Waals surface area contributed by atoms with E-state index in [1.165, 1.54) is 0 Å². The molecule has 2 unspecified atom stereocenters. The molecule has 0 aromatic carbocycles. The summed E-state index contributed by atoms with van der Waals surface area (Å²) >= 11 is 0. The first-order valence-electron chi connectivity index (χ1n) is 7.92. The monoisotopic (exact) mass is 311 g/mol. The number of allylic oxidation sites excluding steroid dienone is 4. The van der Waals surface area contributed by atoms with E-state index in [4.69, 9.17) is 0 Å².